The number of nitrogens with zero attached hydrogens (tertiary/aromatic N) is 1. The minimum atomic E-state index is -1.00. The highest BCUT2D eigenvalue weighted by Crippen LogP contribution is 2.51. The smallest absolute Gasteiger partial charge is 0.408 e. The van der Waals surface area contributed by atoms with Crippen LogP contribution in [0.3, 0.4) is 0 Å². The van der Waals surface area contributed by atoms with Crippen molar-refractivity contribution in [1.29, 1.82) is 0 Å². The SMILES string of the molecule is C[C@H](NC(=O)OC(C)(C)C)C(=O)N1CC2(C[C@H]1C(=O)O)SCCS2. The molecule has 2 aliphatic heterocycles. The van der Waals surface area contributed by atoms with Crippen molar-refractivity contribution in [2.24, 2.45) is 0 Å². The number of aliphatic carboxylic acids is 1. The topological polar surface area (TPSA) is 95.9 Å². The second-order valence-corrected chi connectivity index (χ2v) is 10.2. The maximum atomic E-state index is 12.7. The summed E-state index contributed by atoms with van der Waals surface area (Å²) in [5.41, 5.74) is -0.661. The van der Waals surface area contributed by atoms with Crippen LogP contribution in [0.5, 0.6) is 0 Å². The van der Waals surface area contributed by atoms with Gasteiger partial charge in [0, 0.05) is 24.5 Å². The fourth-order valence-corrected chi connectivity index (χ4v) is 6.05. The number of hydrogen-bond donors (Lipinski definition) is 2. The zero-order valence-electron chi connectivity index (χ0n) is 14.3. The highest BCUT2D eigenvalue weighted by atomic mass is 32.2. The Bertz CT molecular complexity index is 528. The van der Waals surface area contributed by atoms with Crippen molar-refractivity contribution in [3.8, 4) is 0 Å². The largest absolute Gasteiger partial charge is 0.480 e. The summed E-state index contributed by atoms with van der Waals surface area (Å²) in [6.45, 7) is 7.14. The van der Waals surface area contributed by atoms with E-state index in [1.54, 1.807) is 51.2 Å². The van der Waals surface area contributed by atoms with E-state index in [1.165, 1.54) is 4.90 Å². The summed E-state index contributed by atoms with van der Waals surface area (Å²) in [5, 5.41) is 12.0. The van der Waals surface area contributed by atoms with E-state index < -0.39 is 35.7 Å². The van der Waals surface area contributed by atoms with Crippen molar-refractivity contribution >= 4 is 41.5 Å². The second kappa shape index (κ2) is 7.03. The molecule has 136 valence electrons. The van der Waals surface area contributed by atoms with Gasteiger partial charge < -0.3 is 20.1 Å². The van der Waals surface area contributed by atoms with E-state index in [0.29, 0.717) is 13.0 Å². The first-order chi connectivity index (χ1) is 11.0. The zero-order valence-corrected chi connectivity index (χ0v) is 16.0. The molecule has 0 bridgehead atoms. The molecule has 0 saturated carbocycles. The first-order valence-electron chi connectivity index (χ1n) is 7.84. The molecule has 2 N–H and O–H groups in total. The number of carboxylic acids is 1. The molecule has 0 aliphatic carbocycles. The zero-order chi connectivity index (χ0) is 18.1. The van der Waals surface area contributed by atoms with Gasteiger partial charge in [0.15, 0.2) is 0 Å². The molecular weight excluding hydrogens is 352 g/mol. The van der Waals surface area contributed by atoms with E-state index in [9.17, 15) is 19.5 Å². The van der Waals surface area contributed by atoms with Crippen molar-refractivity contribution < 1.29 is 24.2 Å². The van der Waals surface area contributed by atoms with Gasteiger partial charge in [0.25, 0.3) is 0 Å². The lowest BCUT2D eigenvalue weighted by molar-refractivity contribution is -0.148. The number of amides is 2. The fourth-order valence-electron chi connectivity index (χ4n) is 2.79. The minimum Gasteiger partial charge on any atom is -0.480 e. The Kier molecular flexibility index (Phi) is 5.64. The quantitative estimate of drug-likeness (QED) is 0.775. The Morgan fingerprint density at radius 1 is 1.29 bits per heavy atom. The number of nitrogens with one attached hydrogen (secondary N) is 1. The van der Waals surface area contributed by atoms with E-state index in [2.05, 4.69) is 5.32 Å². The van der Waals surface area contributed by atoms with Gasteiger partial charge in [-0.3, -0.25) is 4.79 Å². The molecule has 2 amide bonds. The summed E-state index contributed by atoms with van der Waals surface area (Å²) in [6.07, 6.45) is -0.253. The summed E-state index contributed by atoms with van der Waals surface area (Å²) in [5.74, 6) is 0.534. The second-order valence-electron chi connectivity index (χ2n) is 7.00. The predicted molar refractivity (Wildman–Crippen MR) is 94.2 cm³/mol. The van der Waals surface area contributed by atoms with E-state index in [0.717, 1.165) is 11.5 Å². The van der Waals surface area contributed by atoms with E-state index in [-0.39, 0.29) is 4.08 Å². The van der Waals surface area contributed by atoms with Crippen molar-refractivity contribution in [3.05, 3.63) is 0 Å². The first-order valence-corrected chi connectivity index (χ1v) is 9.81. The molecule has 2 fully saturated rings. The van der Waals surface area contributed by atoms with E-state index in [4.69, 9.17) is 4.74 Å². The molecule has 2 aliphatic rings. The predicted octanol–water partition coefficient (Wildman–Crippen LogP) is 1.76. The van der Waals surface area contributed by atoms with Crippen LogP contribution in [0.15, 0.2) is 0 Å². The van der Waals surface area contributed by atoms with Gasteiger partial charge in [0.1, 0.15) is 17.7 Å². The van der Waals surface area contributed by atoms with Crippen LogP contribution in [-0.4, -0.2) is 67.8 Å². The van der Waals surface area contributed by atoms with Crippen LogP contribution in [0.25, 0.3) is 0 Å². The van der Waals surface area contributed by atoms with Crippen LogP contribution in [0.4, 0.5) is 4.79 Å². The third-order valence-corrected chi connectivity index (χ3v) is 7.20. The summed E-state index contributed by atoms with van der Waals surface area (Å²) in [4.78, 5) is 37.4. The van der Waals surface area contributed by atoms with Crippen LogP contribution >= 0.6 is 23.5 Å². The Morgan fingerprint density at radius 3 is 2.38 bits per heavy atom. The van der Waals surface area contributed by atoms with Gasteiger partial charge in [-0.05, 0) is 27.7 Å². The maximum Gasteiger partial charge on any atom is 0.408 e. The van der Waals surface area contributed by atoms with Gasteiger partial charge in [-0.2, -0.15) is 0 Å². The van der Waals surface area contributed by atoms with E-state index in [1.807, 2.05) is 0 Å². The van der Waals surface area contributed by atoms with Gasteiger partial charge in [0.2, 0.25) is 5.91 Å². The minimum absolute atomic E-state index is 0.232. The molecular formula is C15H24N2O5S2. The number of likely N-dealkylation sites (tertiary alicyclic amines) is 1. The summed E-state index contributed by atoms with van der Waals surface area (Å²) >= 11 is 3.44. The first kappa shape index (κ1) is 19.2. The molecule has 2 heterocycles. The Labute approximate surface area is 150 Å². The Balaban J connectivity index is 2.03. The van der Waals surface area contributed by atoms with Crippen LogP contribution in [0.2, 0.25) is 0 Å². The van der Waals surface area contributed by atoms with Crippen LogP contribution in [-0.2, 0) is 14.3 Å². The maximum absolute atomic E-state index is 12.7. The average molecular weight is 377 g/mol. The normalized spacial score (nSPS) is 24.0. The molecule has 2 atom stereocenters. The lowest BCUT2D eigenvalue weighted by atomic mass is 10.2. The van der Waals surface area contributed by atoms with Gasteiger partial charge in [-0.15, -0.1) is 23.5 Å². The molecule has 9 heteroatoms. The highest BCUT2D eigenvalue weighted by Gasteiger charge is 2.52. The molecule has 24 heavy (non-hydrogen) atoms. The number of hydrogen-bond acceptors (Lipinski definition) is 6. The van der Waals surface area contributed by atoms with Crippen LogP contribution in [0.1, 0.15) is 34.1 Å². The summed E-state index contributed by atoms with van der Waals surface area (Å²) in [6, 6.07) is -1.69. The van der Waals surface area contributed by atoms with Crippen LogP contribution < -0.4 is 5.32 Å². The molecule has 0 aromatic heterocycles. The Hall–Kier alpha value is -1.09. The van der Waals surface area contributed by atoms with E-state index >= 15 is 0 Å². The number of thioether (sulfide) groups is 2. The third-order valence-electron chi connectivity index (χ3n) is 3.78. The summed E-state index contributed by atoms with van der Waals surface area (Å²) in [7, 11) is 0. The van der Waals surface area contributed by atoms with Gasteiger partial charge >= 0.3 is 12.1 Å². The number of carbonyl (C=O) groups excluding carboxylic acids is 2. The molecule has 0 radical (unpaired) electrons. The molecule has 2 rings (SSSR count). The third kappa shape index (κ3) is 4.50. The number of carbonyl (C=O) groups is 3. The van der Waals surface area contributed by atoms with Crippen LogP contribution in [0, 0.1) is 0 Å². The number of carboxylic acid groups (broad SMARTS) is 1. The number of rotatable bonds is 3. The molecule has 7 nitrogen and oxygen atoms in total. The highest BCUT2D eigenvalue weighted by molar-refractivity contribution is 8.21. The molecule has 0 unspecified atom stereocenters. The molecule has 1 spiro atoms. The van der Waals surface area contributed by atoms with Gasteiger partial charge in [0.05, 0.1) is 4.08 Å². The number of alkyl carbamates (subject to hydrolysis) is 1. The lowest BCUT2D eigenvalue weighted by Gasteiger charge is -2.27. The lowest BCUT2D eigenvalue weighted by Crippen LogP contribution is -2.51. The molecule has 0 aromatic rings. The monoisotopic (exact) mass is 376 g/mol. The van der Waals surface area contributed by atoms with Gasteiger partial charge in [-0.25, -0.2) is 9.59 Å². The van der Waals surface area contributed by atoms with Crippen molar-refractivity contribution in [1.82, 2.24) is 10.2 Å². The van der Waals surface area contributed by atoms with Gasteiger partial charge in [-0.1, -0.05) is 0 Å². The fraction of sp³-hybridized carbons (Fsp3) is 0.800. The van der Waals surface area contributed by atoms with Crippen molar-refractivity contribution in [2.45, 2.75) is 55.9 Å². The Morgan fingerprint density at radius 2 is 1.88 bits per heavy atom. The number of ether oxygens (including phenoxy) is 1. The van der Waals surface area contributed by atoms with Crippen molar-refractivity contribution in [2.75, 3.05) is 18.1 Å². The molecule has 2 saturated heterocycles. The average Bonchev–Trinajstić information content (AvgIpc) is 3.03. The standard InChI is InChI=1S/C15H24N2O5S2/c1-9(16-13(21)22-14(2,3)4)11(18)17-8-15(23-5-6-24-15)7-10(17)12(19)20/h9-10H,5-8H2,1-4H3,(H,16,21)(H,19,20)/t9-,10-/m0/s1. The molecule has 0 aromatic carbocycles. The summed E-state index contributed by atoms with van der Waals surface area (Å²) < 4.78 is 4.91. The van der Waals surface area contributed by atoms with Crippen molar-refractivity contribution in [3.63, 3.8) is 0 Å².